The van der Waals surface area contributed by atoms with E-state index >= 15 is 0 Å². The van der Waals surface area contributed by atoms with Crippen molar-refractivity contribution >= 4 is 5.97 Å². The van der Waals surface area contributed by atoms with E-state index in [-0.39, 0.29) is 11.9 Å². The highest BCUT2D eigenvalue weighted by molar-refractivity contribution is 5.81. The molecule has 4 nitrogen and oxygen atoms in total. The number of aliphatic hydroxyl groups excluding tert-OH is 1. The second-order valence-corrected chi connectivity index (χ2v) is 15.0. The third-order valence-corrected chi connectivity index (χ3v) is 14.2. The summed E-state index contributed by atoms with van der Waals surface area (Å²) in [5, 5.41) is 15.5. The maximum absolute atomic E-state index is 13.1. The SMILES string of the molecule is CC(C)[C@H]1CC[C@@]2(C)C3CC[C@]45CCC[C@H]4[C@@]2(CC[C@@H]2[C@@]4(C)C(=O)O[C@]2(C)CC[C@@H]4O)[C@@H]1NC35. The van der Waals surface area contributed by atoms with E-state index in [0.717, 1.165) is 36.6 Å². The van der Waals surface area contributed by atoms with Crippen molar-refractivity contribution in [3.63, 3.8) is 0 Å². The molecule has 2 N–H and O–H groups in total. The van der Waals surface area contributed by atoms with Gasteiger partial charge in [-0.05, 0) is 118 Å². The zero-order valence-electron chi connectivity index (χ0n) is 22.2. The van der Waals surface area contributed by atoms with E-state index in [1.54, 1.807) is 0 Å². The average Bonchev–Trinajstić information content (AvgIpc) is 3.40. The van der Waals surface area contributed by atoms with Gasteiger partial charge in [-0.2, -0.15) is 0 Å². The number of rotatable bonds is 4. The Kier molecular flexibility index (Phi) is 4.40. The van der Waals surface area contributed by atoms with E-state index in [0.29, 0.717) is 34.6 Å². The molecule has 3 aliphatic heterocycles. The molecule has 3 saturated heterocycles. The molecule has 8 rings (SSSR count). The van der Waals surface area contributed by atoms with Gasteiger partial charge in [0.1, 0.15) is 5.60 Å². The third kappa shape index (κ3) is 2.22. The quantitative estimate of drug-likeness (QED) is 0.536. The van der Waals surface area contributed by atoms with Crippen molar-refractivity contribution < 1.29 is 14.6 Å². The van der Waals surface area contributed by atoms with Gasteiger partial charge in [0.05, 0.1) is 11.5 Å². The Morgan fingerprint density at radius 3 is 2.59 bits per heavy atom. The van der Waals surface area contributed by atoms with Crippen molar-refractivity contribution in [1.29, 1.82) is 0 Å². The highest BCUT2D eigenvalue weighted by Crippen LogP contribution is 2.81. The zero-order chi connectivity index (χ0) is 23.9. The van der Waals surface area contributed by atoms with Gasteiger partial charge < -0.3 is 15.2 Å². The summed E-state index contributed by atoms with van der Waals surface area (Å²) in [7, 11) is 0. The van der Waals surface area contributed by atoms with Gasteiger partial charge in [-0.25, -0.2) is 0 Å². The predicted molar refractivity (Wildman–Crippen MR) is 132 cm³/mol. The molecule has 190 valence electrons. The lowest BCUT2D eigenvalue weighted by molar-refractivity contribution is -0.249. The van der Waals surface area contributed by atoms with Crippen LogP contribution in [0.5, 0.6) is 0 Å². The number of piperidine rings is 2. The monoisotopic (exact) mass is 469 g/mol. The number of ether oxygens (including phenoxy) is 1. The number of aliphatic hydroxyl groups is 1. The summed E-state index contributed by atoms with van der Waals surface area (Å²) in [5.41, 5.74) is 0.130. The zero-order valence-corrected chi connectivity index (χ0v) is 22.2. The number of nitrogens with one attached hydrogen (secondary N) is 1. The lowest BCUT2D eigenvalue weighted by Gasteiger charge is -2.76. The van der Waals surface area contributed by atoms with Crippen LogP contribution in [-0.4, -0.2) is 34.9 Å². The number of fused-ring (bicyclic) bond motifs is 2. The molecule has 0 amide bonds. The van der Waals surface area contributed by atoms with Crippen LogP contribution in [0.1, 0.15) is 105 Å². The molecule has 0 aromatic carbocycles. The fourth-order valence-electron chi connectivity index (χ4n) is 12.7. The minimum Gasteiger partial charge on any atom is -0.459 e. The fraction of sp³-hybridized carbons (Fsp3) is 0.967. The molecular formula is C30H47NO3. The minimum absolute atomic E-state index is 0.127. The van der Waals surface area contributed by atoms with E-state index in [1.165, 1.54) is 51.4 Å². The summed E-state index contributed by atoms with van der Waals surface area (Å²) in [5.74, 6) is 3.11. The Morgan fingerprint density at radius 2 is 1.82 bits per heavy atom. The Hall–Kier alpha value is -0.610. The molecule has 8 fully saturated rings. The van der Waals surface area contributed by atoms with Crippen molar-refractivity contribution in [3.8, 4) is 0 Å². The first kappa shape index (κ1) is 22.6. The Labute approximate surface area is 206 Å². The number of carbonyl (C=O) groups excluding carboxylic acids is 1. The lowest BCUT2D eigenvalue weighted by atomic mass is 9.33. The van der Waals surface area contributed by atoms with Crippen molar-refractivity contribution in [1.82, 2.24) is 5.32 Å². The summed E-state index contributed by atoms with van der Waals surface area (Å²) in [6.07, 6.45) is 13.0. The van der Waals surface area contributed by atoms with E-state index in [4.69, 9.17) is 4.74 Å². The van der Waals surface area contributed by atoms with Crippen LogP contribution in [0, 0.1) is 51.2 Å². The first-order valence-electron chi connectivity index (χ1n) is 14.7. The predicted octanol–water partition coefficient (Wildman–Crippen LogP) is 5.47. The summed E-state index contributed by atoms with van der Waals surface area (Å²) in [4.78, 5) is 13.1. The average molecular weight is 470 g/mol. The van der Waals surface area contributed by atoms with Crippen molar-refractivity contribution in [2.45, 2.75) is 129 Å². The van der Waals surface area contributed by atoms with E-state index in [2.05, 4.69) is 33.0 Å². The van der Waals surface area contributed by atoms with Crippen LogP contribution in [0.15, 0.2) is 0 Å². The largest absolute Gasteiger partial charge is 0.459 e. The second kappa shape index (κ2) is 6.63. The molecule has 2 unspecified atom stereocenters. The first-order valence-corrected chi connectivity index (χ1v) is 14.7. The Bertz CT molecular complexity index is 919. The Morgan fingerprint density at radius 1 is 1.03 bits per heavy atom. The molecule has 0 aromatic rings. The van der Waals surface area contributed by atoms with Crippen LogP contribution in [0.4, 0.5) is 0 Å². The summed E-state index contributed by atoms with van der Waals surface area (Å²) < 4.78 is 6.08. The van der Waals surface area contributed by atoms with E-state index < -0.39 is 17.1 Å². The highest BCUT2D eigenvalue weighted by Gasteiger charge is 2.80. The molecular weight excluding hydrogens is 422 g/mol. The molecule has 0 radical (unpaired) electrons. The number of esters is 1. The van der Waals surface area contributed by atoms with E-state index in [1.807, 2.05) is 6.92 Å². The Balaban J connectivity index is 1.33. The van der Waals surface area contributed by atoms with Crippen LogP contribution in [0.3, 0.4) is 0 Å². The van der Waals surface area contributed by atoms with E-state index in [9.17, 15) is 9.90 Å². The summed E-state index contributed by atoms with van der Waals surface area (Å²) >= 11 is 0. The molecule has 0 aromatic heterocycles. The topological polar surface area (TPSA) is 58.6 Å². The van der Waals surface area contributed by atoms with Gasteiger partial charge in [-0.3, -0.25) is 4.79 Å². The third-order valence-electron chi connectivity index (χ3n) is 14.2. The molecule has 4 heteroatoms. The van der Waals surface area contributed by atoms with Gasteiger partial charge in [-0.1, -0.05) is 27.2 Å². The van der Waals surface area contributed by atoms with Gasteiger partial charge in [0, 0.05) is 18.0 Å². The molecule has 3 heterocycles. The normalized spacial score (nSPS) is 61.1. The van der Waals surface area contributed by atoms with Crippen LogP contribution in [-0.2, 0) is 9.53 Å². The molecule has 12 atom stereocenters. The number of carbonyl (C=O) groups is 1. The maximum Gasteiger partial charge on any atom is 0.315 e. The van der Waals surface area contributed by atoms with Gasteiger partial charge in [0.15, 0.2) is 0 Å². The minimum atomic E-state index is -0.733. The summed E-state index contributed by atoms with van der Waals surface area (Å²) in [6.45, 7) is 11.8. The van der Waals surface area contributed by atoms with Crippen LogP contribution < -0.4 is 5.32 Å². The molecule has 1 spiro atoms. The van der Waals surface area contributed by atoms with Crippen molar-refractivity contribution in [3.05, 3.63) is 0 Å². The maximum atomic E-state index is 13.1. The lowest BCUT2D eigenvalue weighted by Crippen LogP contribution is -2.80. The molecule has 5 aliphatic carbocycles. The van der Waals surface area contributed by atoms with Crippen molar-refractivity contribution in [2.75, 3.05) is 0 Å². The first-order chi connectivity index (χ1) is 16.0. The smallest absolute Gasteiger partial charge is 0.315 e. The molecule has 5 saturated carbocycles. The molecule has 8 aliphatic rings. The van der Waals surface area contributed by atoms with Gasteiger partial charge in [0.25, 0.3) is 0 Å². The van der Waals surface area contributed by atoms with Gasteiger partial charge in [0.2, 0.25) is 0 Å². The van der Waals surface area contributed by atoms with Crippen molar-refractivity contribution in [2.24, 2.45) is 51.2 Å². The number of hydrogen-bond acceptors (Lipinski definition) is 4. The highest BCUT2D eigenvalue weighted by atomic mass is 16.6. The van der Waals surface area contributed by atoms with Crippen LogP contribution in [0.25, 0.3) is 0 Å². The van der Waals surface area contributed by atoms with Gasteiger partial charge >= 0.3 is 5.97 Å². The standard InChI is InChI=1S/C30H47NO3/c1-17(2)18-8-13-26(3)19-9-15-29-12-6-7-21(29)30(26,23(18)31-24(19)29)16-10-20-27(4)14-11-22(32)28(20,5)25(33)34-27/h17-24,31-32H,6-16H2,1-5H3/t18-,19?,20+,21-,22+,23-,24?,26+,27-,28-,29-,30+/m1/s1. The van der Waals surface area contributed by atoms with Crippen LogP contribution >= 0.6 is 0 Å². The number of hydrogen-bond donors (Lipinski definition) is 2. The molecule has 8 bridgehead atoms. The summed E-state index contributed by atoms with van der Waals surface area (Å²) in [6, 6.07) is 1.36. The molecule has 34 heavy (non-hydrogen) atoms. The van der Waals surface area contributed by atoms with Crippen LogP contribution in [0.2, 0.25) is 0 Å². The van der Waals surface area contributed by atoms with Gasteiger partial charge in [-0.15, -0.1) is 0 Å². The fourth-order valence-corrected chi connectivity index (χ4v) is 12.7. The second-order valence-electron chi connectivity index (χ2n) is 15.0.